The third-order valence-electron chi connectivity index (χ3n) is 5.47. The molecule has 0 radical (unpaired) electrons. The molecule has 0 bridgehead atoms. The summed E-state index contributed by atoms with van der Waals surface area (Å²) in [7, 11) is -3.81. The first-order valence-corrected chi connectivity index (χ1v) is 12.4. The van der Waals surface area contributed by atoms with Crippen LogP contribution in [-0.2, 0) is 16.6 Å². The van der Waals surface area contributed by atoms with Gasteiger partial charge in [0.15, 0.2) is 5.03 Å². The predicted octanol–water partition coefficient (Wildman–Crippen LogP) is 2.37. The van der Waals surface area contributed by atoms with Gasteiger partial charge in [-0.1, -0.05) is 0 Å². The number of nitrogens with one attached hydrogen (secondary N) is 3. The minimum absolute atomic E-state index is 0.0487. The van der Waals surface area contributed by atoms with Crippen molar-refractivity contribution in [1.82, 2.24) is 24.7 Å². The fourth-order valence-electron chi connectivity index (χ4n) is 3.77. The topological polar surface area (TPSA) is 157 Å². The van der Waals surface area contributed by atoms with Gasteiger partial charge < -0.3 is 15.4 Å². The van der Waals surface area contributed by atoms with Crippen LogP contribution >= 0.6 is 11.3 Å². The van der Waals surface area contributed by atoms with Crippen molar-refractivity contribution in [2.75, 3.05) is 5.32 Å². The highest BCUT2D eigenvalue weighted by atomic mass is 32.2. The molecule has 4 N–H and O–H groups in total. The SMILES string of the molecule is N#Cc1ccnc(S(=O)(=O)N[C@H]2C[C@@H](Nc3c(-c4ncc(CO)s4)cnc4[nH]ccc34)C2)c1. The maximum Gasteiger partial charge on any atom is 0.258 e. The highest BCUT2D eigenvalue weighted by molar-refractivity contribution is 7.89. The van der Waals surface area contributed by atoms with Gasteiger partial charge in [0.2, 0.25) is 0 Å². The van der Waals surface area contributed by atoms with Crippen LogP contribution in [0.2, 0.25) is 0 Å². The summed E-state index contributed by atoms with van der Waals surface area (Å²) < 4.78 is 27.9. The van der Waals surface area contributed by atoms with Gasteiger partial charge in [-0.3, -0.25) is 0 Å². The lowest BCUT2D eigenvalue weighted by atomic mass is 9.87. The number of hydrogen-bond acceptors (Lipinski definition) is 9. The number of aromatic amines is 1. The van der Waals surface area contributed by atoms with E-state index in [1.54, 1.807) is 12.4 Å². The fraction of sp³-hybridized carbons (Fsp3) is 0.238. The number of sulfonamides is 1. The zero-order valence-corrected chi connectivity index (χ0v) is 18.8. The number of rotatable bonds is 7. The summed E-state index contributed by atoms with van der Waals surface area (Å²) in [5.74, 6) is 0. The van der Waals surface area contributed by atoms with E-state index in [9.17, 15) is 13.5 Å². The summed E-state index contributed by atoms with van der Waals surface area (Å²) in [6, 6.07) is 6.38. The molecule has 10 nitrogen and oxygen atoms in total. The molecular weight excluding hydrogens is 462 g/mol. The molecule has 5 rings (SSSR count). The number of thiazole rings is 1. The van der Waals surface area contributed by atoms with Crippen molar-refractivity contribution in [2.45, 2.75) is 36.6 Å². The fourth-order valence-corrected chi connectivity index (χ4v) is 5.79. The monoisotopic (exact) mass is 481 g/mol. The first-order valence-electron chi connectivity index (χ1n) is 10.1. The Hall–Kier alpha value is -3.37. The quantitative estimate of drug-likeness (QED) is 0.313. The van der Waals surface area contributed by atoms with Crippen LogP contribution in [0.3, 0.4) is 0 Å². The summed E-state index contributed by atoms with van der Waals surface area (Å²) in [5, 5.41) is 23.4. The molecule has 168 valence electrons. The summed E-state index contributed by atoms with van der Waals surface area (Å²) in [6.45, 7) is -0.0726. The lowest BCUT2D eigenvalue weighted by Gasteiger charge is -2.37. The Morgan fingerprint density at radius 3 is 2.82 bits per heavy atom. The van der Waals surface area contributed by atoms with Crippen LogP contribution in [0.4, 0.5) is 5.69 Å². The number of fused-ring (bicyclic) bond motifs is 1. The van der Waals surface area contributed by atoms with Crippen molar-refractivity contribution in [3.05, 3.63) is 53.4 Å². The molecule has 0 saturated heterocycles. The van der Waals surface area contributed by atoms with Crippen LogP contribution < -0.4 is 10.0 Å². The van der Waals surface area contributed by atoms with E-state index in [1.807, 2.05) is 18.3 Å². The smallest absolute Gasteiger partial charge is 0.258 e. The number of nitriles is 1. The van der Waals surface area contributed by atoms with E-state index in [0.717, 1.165) is 32.2 Å². The van der Waals surface area contributed by atoms with Crippen molar-refractivity contribution in [2.24, 2.45) is 0 Å². The maximum atomic E-state index is 12.6. The summed E-state index contributed by atoms with van der Waals surface area (Å²) in [4.78, 5) is 16.6. The van der Waals surface area contributed by atoms with Crippen molar-refractivity contribution in [1.29, 1.82) is 5.26 Å². The van der Waals surface area contributed by atoms with Crippen molar-refractivity contribution in [3.63, 3.8) is 0 Å². The average molecular weight is 482 g/mol. The molecule has 33 heavy (non-hydrogen) atoms. The lowest BCUT2D eigenvalue weighted by molar-refractivity contribution is 0.285. The van der Waals surface area contributed by atoms with Crippen LogP contribution in [-0.4, -0.2) is 45.5 Å². The molecule has 4 aromatic heterocycles. The van der Waals surface area contributed by atoms with Gasteiger partial charge in [-0.25, -0.2) is 28.1 Å². The van der Waals surface area contributed by atoms with E-state index in [0.29, 0.717) is 12.8 Å². The maximum absolute atomic E-state index is 12.6. The van der Waals surface area contributed by atoms with Crippen LogP contribution in [0.1, 0.15) is 23.3 Å². The number of anilines is 1. The largest absolute Gasteiger partial charge is 0.391 e. The van der Waals surface area contributed by atoms with Gasteiger partial charge in [-0.05, 0) is 31.0 Å². The highest BCUT2D eigenvalue weighted by Gasteiger charge is 2.34. The van der Waals surface area contributed by atoms with Crippen LogP contribution in [0, 0.1) is 11.3 Å². The molecular formula is C21H19N7O3S2. The second kappa shape index (κ2) is 8.53. The number of nitrogens with zero attached hydrogens (tertiary/aromatic N) is 4. The molecule has 4 aromatic rings. The van der Waals surface area contributed by atoms with Crippen molar-refractivity contribution in [3.8, 4) is 16.6 Å². The van der Waals surface area contributed by atoms with E-state index in [4.69, 9.17) is 5.26 Å². The number of aliphatic hydroxyl groups excluding tert-OH is 1. The van der Waals surface area contributed by atoms with Crippen LogP contribution in [0.15, 0.2) is 48.0 Å². The molecule has 0 aromatic carbocycles. The van der Waals surface area contributed by atoms with E-state index < -0.39 is 10.0 Å². The molecule has 12 heteroatoms. The zero-order valence-electron chi connectivity index (χ0n) is 17.2. The number of hydrogen-bond donors (Lipinski definition) is 4. The second-order valence-corrected chi connectivity index (χ2v) is 10.5. The van der Waals surface area contributed by atoms with Gasteiger partial charge in [0.1, 0.15) is 10.7 Å². The van der Waals surface area contributed by atoms with Crippen molar-refractivity contribution < 1.29 is 13.5 Å². The minimum atomic E-state index is -3.81. The van der Waals surface area contributed by atoms with Gasteiger partial charge in [-0.15, -0.1) is 11.3 Å². The van der Waals surface area contributed by atoms with Gasteiger partial charge in [0, 0.05) is 42.3 Å². The molecule has 1 aliphatic rings. The second-order valence-electron chi connectivity index (χ2n) is 7.70. The summed E-state index contributed by atoms with van der Waals surface area (Å²) in [5.41, 5.74) is 2.68. The standard InChI is InChI=1S/C21H19N7O3S2/c22-8-12-1-3-23-18(5-12)33(30,31)28-14-6-13(7-14)27-19-16-2-4-24-20(16)25-10-17(19)21-26-9-15(11-29)32-21/h1-5,9-10,13-14,28-29H,6-7,11H2,(H2,24,25,27)/t13-,14+. The van der Waals surface area contributed by atoms with Gasteiger partial charge in [0.05, 0.1) is 34.4 Å². The molecule has 0 amide bonds. The van der Waals surface area contributed by atoms with Crippen molar-refractivity contribution >= 4 is 38.1 Å². The van der Waals surface area contributed by atoms with Gasteiger partial charge in [0.25, 0.3) is 10.0 Å². The molecule has 0 aliphatic heterocycles. The summed E-state index contributed by atoms with van der Waals surface area (Å²) >= 11 is 1.40. The zero-order chi connectivity index (χ0) is 23.0. The normalized spacial score (nSPS) is 18.1. The van der Waals surface area contributed by atoms with E-state index in [2.05, 4.69) is 30.0 Å². The third kappa shape index (κ3) is 4.19. The Morgan fingerprint density at radius 2 is 2.06 bits per heavy atom. The van der Waals surface area contributed by atoms with Crippen LogP contribution in [0.5, 0.6) is 0 Å². The molecule has 4 heterocycles. The molecule has 1 fully saturated rings. The molecule has 0 unspecified atom stereocenters. The number of H-pyrrole nitrogens is 1. The first kappa shape index (κ1) is 21.5. The summed E-state index contributed by atoms with van der Waals surface area (Å²) in [6.07, 6.45) is 7.69. The number of pyridine rings is 2. The predicted molar refractivity (Wildman–Crippen MR) is 123 cm³/mol. The van der Waals surface area contributed by atoms with E-state index >= 15 is 0 Å². The van der Waals surface area contributed by atoms with E-state index in [1.165, 1.54) is 29.7 Å². The van der Waals surface area contributed by atoms with Gasteiger partial charge >= 0.3 is 0 Å². The Balaban J connectivity index is 1.32. The Labute approximate surface area is 193 Å². The average Bonchev–Trinajstić information content (AvgIpc) is 3.47. The molecule has 0 atom stereocenters. The molecule has 1 aliphatic carbocycles. The molecule has 0 spiro atoms. The Kier molecular flexibility index (Phi) is 5.55. The van der Waals surface area contributed by atoms with Crippen LogP contribution in [0.25, 0.3) is 21.6 Å². The number of aliphatic hydroxyl groups is 1. The lowest BCUT2D eigenvalue weighted by Crippen LogP contribution is -2.49. The Morgan fingerprint density at radius 1 is 1.21 bits per heavy atom. The number of aromatic nitrogens is 4. The first-order chi connectivity index (χ1) is 16.0. The minimum Gasteiger partial charge on any atom is -0.391 e. The molecule has 1 saturated carbocycles. The third-order valence-corrected chi connectivity index (χ3v) is 7.91. The Bertz CT molecular complexity index is 1470. The highest BCUT2D eigenvalue weighted by Crippen LogP contribution is 2.38. The van der Waals surface area contributed by atoms with E-state index in [-0.39, 0.29) is 29.3 Å². The van der Waals surface area contributed by atoms with Gasteiger partial charge in [-0.2, -0.15) is 5.26 Å².